The summed E-state index contributed by atoms with van der Waals surface area (Å²) >= 11 is 6.32. The highest BCUT2D eigenvalue weighted by Crippen LogP contribution is 2.38. The van der Waals surface area contributed by atoms with E-state index in [-0.39, 0.29) is 17.2 Å². The lowest BCUT2D eigenvalue weighted by Gasteiger charge is -2.23. The van der Waals surface area contributed by atoms with E-state index >= 15 is 0 Å². The third-order valence-electron chi connectivity index (χ3n) is 8.42. The van der Waals surface area contributed by atoms with E-state index in [9.17, 15) is 4.55 Å². The Morgan fingerprint density at radius 2 is 1.38 bits per heavy atom. The average Bonchev–Trinajstić information content (AvgIpc) is 3.60. The summed E-state index contributed by atoms with van der Waals surface area (Å²) in [6.07, 6.45) is 1.15. The lowest BCUT2D eigenvalue weighted by Crippen LogP contribution is -2.41. The van der Waals surface area contributed by atoms with Gasteiger partial charge in [-0.1, -0.05) is 140 Å². The summed E-state index contributed by atoms with van der Waals surface area (Å²) in [7, 11) is 0. The maximum atomic E-state index is 10.4. The van der Waals surface area contributed by atoms with E-state index < -0.39 is 11.4 Å². The highest BCUT2D eigenvalue weighted by molar-refractivity contribution is 9.09. The molecule has 4 aromatic carbocycles. The van der Waals surface area contributed by atoms with Crippen molar-refractivity contribution in [2.24, 2.45) is 0 Å². The standard InChI is InChI=1S/C13H20NOS.C9H10Br2.C9H11N.C9H12.ClH/c1-10-12-8-6-5-7-11(12)9-14(10)16(15)13(2,3)4;1-7(11)9-5-3-2-4-8(9)6-10;1-7-9-5-3-2-4-8(9)6-10-7;1-3-9-7-5-4-6-8(9)2;/h5-8,10,15H,9H2,1-4H3;2-5,7H,6H2,1H3;2-5,7,10H,6H2,1H3;4-7H,3H2,1-2H3;1H/q+1;;;;/t10-,16?;;7-;;/m0.0../s1. The van der Waals surface area contributed by atoms with Crippen LogP contribution in [0.5, 0.6) is 0 Å². The van der Waals surface area contributed by atoms with Gasteiger partial charge in [0.25, 0.3) is 0 Å². The number of alkyl halides is 2. The van der Waals surface area contributed by atoms with Gasteiger partial charge in [-0.2, -0.15) is 4.55 Å². The van der Waals surface area contributed by atoms with E-state index in [1.165, 1.54) is 44.5 Å². The monoisotopic (exact) mass is 803 g/mol. The van der Waals surface area contributed by atoms with E-state index in [1.807, 2.05) is 0 Å². The molecule has 0 saturated heterocycles. The van der Waals surface area contributed by atoms with Crippen molar-refractivity contribution in [1.29, 1.82) is 0 Å². The van der Waals surface area contributed by atoms with Crippen LogP contribution in [0.4, 0.5) is 0 Å². The molecule has 0 radical (unpaired) electrons. The third kappa shape index (κ3) is 12.0. The second-order valence-corrected chi connectivity index (χ2v) is 17.0. The molecule has 0 aliphatic carbocycles. The number of nitrogens with one attached hydrogen (secondary N) is 1. The molecule has 6 rings (SSSR count). The van der Waals surface area contributed by atoms with Crippen LogP contribution in [0.15, 0.2) is 97.1 Å². The molecule has 0 saturated carbocycles. The predicted molar refractivity (Wildman–Crippen MR) is 216 cm³/mol. The van der Waals surface area contributed by atoms with E-state index in [0.29, 0.717) is 16.9 Å². The summed E-state index contributed by atoms with van der Waals surface area (Å²) in [5, 5.41) is 4.31. The van der Waals surface area contributed by atoms with Gasteiger partial charge in [0.2, 0.25) is 11.4 Å². The maximum Gasteiger partial charge on any atom is 0.243 e. The molecule has 2 aliphatic heterocycles. The topological polar surface area (TPSA) is 35.5 Å². The van der Waals surface area contributed by atoms with Gasteiger partial charge in [0.05, 0.1) is 12.6 Å². The lowest BCUT2D eigenvalue weighted by atomic mass is 10.1. The van der Waals surface area contributed by atoms with Gasteiger partial charge in [0.15, 0.2) is 4.75 Å². The number of halogens is 3. The Bertz CT molecular complexity index is 1510. The summed E-state index contributed by atoms with van der Waals surface area (Å²) in [5.41, 5.74) is 11.2. The number of hydrogen-bond donors (Lipinski definition) is 2. The van der Waals surface area contributed by atoms with E-state index in [2.05, 4.69) is 194 Å². The van der Waals surface area contributed by atoms with Gasteiger partial charge in [-0.15, -0.1) is 12.4 Å². The van der Waals surface area contributed by atoms with Crippen molar-refractivity contribution in [3.63, 3.8) is 0 Å². The first-order chi connectivity index (χ1) is 21.9. The summed E-state index contributed by atoms with van der Waals surface area (Å²) < 4.78 is 12.5. The summed E-state index contributed by atoms with van der Waals surface area (Å²) in [5.74, 6) is 0. The molecular weight excluding hydrogens is 752 g/mol. The minimum atomic E-state index is -0.686. The zero-order chi connectivity index (χ0) is 33.9. The molecule has 7 heteroatoms. The molecule has 4 atom stereocenters. The van der Waals surface area contributed by atoms with Gasteiger partial charge in [0.1, 0.15) is 0 Å². The van der Waals surface area contributed by atoms with Crippen molar-refractivity contribution in [3.05, 3.63) is 142 Å². The van der Waals surface area contributed by atoms with Crippen LogP contribution < -0.4 is 5.32 Å². The normalized spacial score (nSPS) is 17.6. The van der Waals surface area contributed by atoms with Crippen molar-refractivity contribution in [3.8, 4) is 0 Å². The Hall–Kier alpha value is -1.64. The minimum Gasteiger partial charge on any atom is -0.306 e. The molecule has 2 N–H and O–H groups in total. The SMILES string of the molecule is CC(Br)c1ccccc1CBr.CCc1ccccc1C.C[C@@H]1NCc2ccccc21.C[C@H]1c2ccccc2CN1[S+](O)C(C)(C)C.Cl. The smallest absolute Gasteiger partial charge is 0.243 e. The van der Waals surface area contributed by atoms with Crippen LogP contribution in [-0.4, -0.2) is 13.6 Å². The number of hydrogen-bond acceptors (Lipinski definition) is 3. The number of rotatable bonds is 4. The van der Waals surface area contributed by atoms with Gasteiger partial charge in [-0.3, -0.25) is 0 Å². The number of nitrogens with zero attached hydrogens (tertiary/aromatic N) is 1. The molecule has 0 fully saturated rings. The lowest BCUT2D eigenvalue weighted by molar-refractivity contribution is 0.363. The summed E-state index contributed by atoms with van der Waals surface area (Å²) in [4.78, 5) is 0.441. The number of aryl methyl sites for hydroxylation is 2. The fourth-order valence-corrected chi connectivity index (χ4v) is 7.99. The first-order valence-corrected chi connectivity index (χ1v) is 19.5. The molecule has 0 amide bonds. The van der Waals surface area contributed by atoms with Gasteiger partial charge in [-0.05, 0) is 99.4 Å². The third-order valence-corrected chi connectivity index (χ3v) is 11.5. The van der Waals surface area contributed by atoms with Gasteiger partial charge in [-0.25, -0.2) is 0 Å². The highest BCUT2D eigenvalue weighted by atomic mass is 79.9. The van der Waals surface area contributed by atoms with Crippen molar-refractivity contribution < 1.29 is 4.55 Å². The fourth-order valence-electron chi connectivity index (χ4n) is 5.65. The molecule has 2 aliphatic rings. The Labute approximate surface area is 311 Å². The summed E-state index contributed by atoms with van der Waals surface area (Å²) in [6, 6.07) is 34.8. The van der Waals surface area contributed by atoms with Gasteiger partial charge in [0, 0.05) is 22.7 Å². The molecule has 256 valence electrons. The van der Waals surface area contributed by atoms with Crippen LogP contribution in [-0.2, 0) is 36.2 Å². The Morgan fingerprint density at radius 1 is 0.851 bits per heavy atom. The van der Waals surface area contributed by atoms with Crippen molar-refractivity contribution in [2.45, 2.75) is 102 Å². The fraction of sp³-hybridized carbons (Fsp3) is 0.400. The number of fused-ring (bicyclic) bond motifs is 2. The minimum absolute atomic E-state index is 0. The molecule has 0 spiro atoms. The van der Waals surface area contributed by atoms with E-state index in [1.54, 1.807) is 0 Å². The highest BCUT2D eigenvalue weighted by Gasteiger charge is 2.46. The first kappa shape index (κ1) is 41.5. The predicted octanol–water partition coefficient (Wildman–Crippen LogP) is 12.2. The van der Waals surface area contributed by atoms with E-state index in [4.69, 9.17) is 0 Å². The average molecular weight is 806 g/mol. The van der Waals surface area contributed by atoms with Crippen LogP contribution in [0.2, 0.25) is 0 Å². The van der Waals surface area contributed by atoms with Crippen molar-refractivity contribution >= 4 is 55.6 Å². The quantitative estimate of drug-likeness (QED) is 0.159. The zero-order valence-corrected chi connectivity index (χ0v) is 34.1. The van der Waals surface area contributed by atoms with Gasteiger partial charge < -0.3 is 5.32 Å². The second kappa shape index (κ2) is 20.1. The van der Waals surface area contributed by atoms with E-state index in [0.717, 1.165) is 24.8 Å². The zero-order valence-electron chi connectivity index (χ0n) is 29.3. The molecule has 2 heterocycles. The molecule has 4 aromatic rings. The van der Waals surface area contributed by atoms with Crippen LogP contribution in [0, 0.1) is 6.92 Å². The number of benzene rings is 4. The first-order valence-electron chi connectivity index (χ1n) is 16.3. The van der Waals surface area contributed by atoms with Crippen LogP contribution in [0.1, 0.15) is 110 Å². The van der Waals surface area contributed by atoms with Crippen LogP contribution in [0.3, 0.4) is 0 Å². The molecule has 0 bridgehead atoms. The largest absolute Gasteiger partial charge is 0.306 e. The van der Waals surface area contributed by atoms with Crippen molar-refractivity contribution in [1.82, 2.24) is 9.62 Å². The second-order valence-electron chi connectivity index (χ2n) is 12.9. The van der Waals surface area contributed by atoms with Crippen LogP contribution >= 0.6 is 44.3 Å². The molecule has 3 nitrogen and oxygen atoms in total. The van der Waals surface area contributed by atoms with Crippen molar-refractivity contribution in [2.75, 3.05) is 0 Å². The Balaban J connectivity index is 0.000000222. The maximum absolute atomic E-state index is 10.4. The molecule has 47 heavy (non-hydrogen) atoms. The molecule has 2 unspecified atom stereocenters. The molecular formula is C40H54Br2ClN2OS+. The molecule has 0 aromatic heterocycles. The van der Waals surface area contributed by atoms with Gasteiger partial charge >= 0.3 is 0 Å². The van der Waals surface area contributed by atoms with Crippen LogP contribution in [0.25, 0.3) is 0 Å². The summed E-state index contributed by atoms with van der Waals surface area (Å²) in [6.45, 7) is 19.0. The Morgan fingerprint density at radius 3 is 1.87 bits per heavy atom. The Kier molecular flexibility index (Phi) is 17.8.